The first kappa shape index (κ1) is 22.7. The summed E-state index contributed by atoms with van der Waals surface area (Å²) in [6.45, 7) is 0.498. The summed E-state index contributed by atoms with van der Waals surface area (Å²) in [4.78, 5) is 23.0. The van der Waals surface area contributed by atoms with Gasteiger partial charge in [-0.15, -0.1) is 0 Å². The summed E-state index contributed by atoms with van der Waals surface area (Å²) in [5.74, 6) is -0.912. The number of aromatic nitrogens is 2. The largest absolute Gasteiger partial charge is 0.416 e. The van der Waals surface area contributed by atoms with Crippen molar-refractivity contribution in [2.45, 2.75) is 19.0 Å². The van der Waals surface area contributed by atoms with E-state index in [2.05, 4.69) is 15.3 Å². The molecule has 2 aromatic carbocycles. The zero-order chi connectivity index (χ0) is 23.6. The topological polar surface area (TPSA) is 78.4 Å². The molecule has 1 amide bonds. The number of nitrogens with one attached hydrogen (secondary N) is 1. The Hall–Kier alpha value is -3.53. The van der Waals surface area contributed by atoms with Crippen LogP contribution in [0.1, 0.15) is 32.7 Å². The Bertz CT molecular complexity index is 1180. The van der Waals surface area contributed by atoms with Crippen LogP contribution in [-0.4, -0.2) is 40.7 Å². The van der Waals surface area contributed by atoms with Gasteiger partial charge in [-0.2, -0.15) is 13.2 Å². The summed E-state index contributed by atoms with van der Waals surface area (Å²) in [6.07, 6.45) is -2.57. The van der Waals surface area contributed by atoms with E-state index in [9.17, 15) is 22.4 Å². The molecule has 0 fully saturated rings. The molecule has 0 unspecified atom stereocenters. The smallest absolute Gasteiger partial charge is 0.395 e. The maximum Gasteiger partial charge on any atom is 0.416 e. The average Bonchev–Trinajstić information content (AvgIpc) is 3.21. The van der Waals surface area contributed by atoms with Crippen LogP contribution in [0.3, 0.4) is 0 Å². The van der Waals surface area contributed by atoms with Crippen molar-refractivity contribution >= 4 is 17.5 Å². The predicted molar refractivity (Wildman–Crippen MR) is 113 cm³/mol. The first-order chi connectivity index (χ1) is 15.8. The molecule has 0 atom stereocenters. The highest BCUT2D eigenvalue weighted by atomic mass is 19.4. The quantitative estimate of drug-likeness (QED) is 0.550. The highest BCUT2D eigenvalue weighted by Gasteiger charge is 2.31. The molecule has 1 aliphatic rings. The summed E-state index contributed by atoms with van der Waals surface area (Å²) < 4.78 is 52.8. The van der Waals surface area contributed by atoms with Crippen LogP contribution < -0.4 is 10.2 Å². The minimum atomic E-state index is -4.64. The van der Waals surface area contributed by atoms with Gasteiger partial charge in [0.1, 0.15) is 5.82 Å². The number of carbonyl (C=O) groups is 1. The zero-order valence-corrected chi connectivity index (χ0v) is 17.4. The molecule has 3 aromatic rings. The maximum atomic E-state index is 13.7. The third kappa shape index (κ3) is 4.95. The Labute approximate surface area is 186 Å². The standard InChI is InChI=1S/C23H20F4N4O2/c24-16-11-14(10-15(13-16)23(25,26)27)12-17-4-6-29-22(30-17)31-8-5-18-19(2-1-3-20(18)31)21(33)28-7-9-32/h1-4,6,10-11,13,32H,5,7-9,12H2,(H,28,33). The van der Waals surface area contributed by atoms with Crippen molar-refractivity contribution < 1.29 is 27.5 Å². The number of carbonyl (C=O) groups excluding carboxylic acids is 1. The van der Waals surface area contributed by atoms with Crippen LogP contribution in [0, 0.1) is 5.82 Å². The van der Waals surface area contributed by atoms with Gasteiger partial charge >= 0.3 is 6.18 Å². The Morgan fingerprint density at radius 3 is 2.76 bits per heavy atom. The molecule has 0 spiro atoms. The molecule has 0 saturated heterocycles. The first-order valence-electron chi connectivity index (χ1n) is 10.2. The van der Waals surface area contributed by atoms with Gasteiger partial charge < -0.3 is 15.3 Å². The predicted octanol–water partition coefficient (Wildman–Crippen LogP) is 3.64. The van der Waals surface area contributed by atoms with Crippen molar-refractivity contribution in [1.29, 1.82) is 0 Å². The van der Waals surface area contributed by atoms with Crippen molar-refractivity contribution in [3.63, 3.8) is 0 Å². The van der Waals surface area contributed by atoms with Crippen LogP contribution in [0.25, 0.3) is 0 Å². The molecule has 33 heavy (non-hydrogen) atoms. The molecule has 172 valence electrons. The molecule has 2 heterocycles. The number of nitrogens with zero attached hydrogens (tertiary/aromatic N) is 3. The van der Waals surface area contributed by atoms with E-state index in [1.54, 1.807) is 18.2 Å². The number of aliphatic hydroxyl groups is 1. The van der Waals surface area contributed by atoms with Crippen LogP contribution >= 0.6 is 0 Å². The van der Waals surface area contributed by atoms with Gasteiger partial charge in [-0.1, -0.05) is 6.07 Å². The van der Waals surface area contributed by atoms with Gasteiger partial charge in [0, 0.05) is 37.0 Å². The van der Waals surface area contributed by atoms with Crippen molar-refractivity contribution in [1.82, 2.24) is 15.3 Å². The Kier molecular flexibility index (Phi) is 6.28. The molecule has 10 heteroatoms. The summed E-state index contributed by atoms with van der Waals surface area (Å²) >= 11 is 0. The molecule has 6 nitrogen and oxygen atoms in total. The first-order valence-corrected chi connectivity index (χ1v) is 10.2. The van der Waals surface area contributed by atoms with Gasteiger partial charge in [-0.3, -0.25) is 4.79 Å². The molecule has 0 aliphatic carbocycles. The normalized spacial score (nSPS) is 13.2. The molecular formula is C23H20F4N4O2. The lowest BCUT2D eigenvalue weighted by molar-refractivity contribution is -0.137. The van der Waals surface area contributed by atoms with Gasteiger partial charge in [0.05, 0.1) is 17.9 Å². The SMILES string of the molecule is O=C(NCCO)c1cccc2c1CCN2c1nccc(Cc2cc(F)cc(C(F)(F)F)c2)n1. The molecule has 4 rings (SSSR count). The number of amides is 1. The fourth-order valence-electron chi connectivity index (χ4n) is 3.86. The fraction of sp³-hybridized carbons (Fsp3) is 0.261. The van der Waals surface area contributed by atoms with Crippen molar-refractivity contribution in [3.05, 3.63) is 82.4 Å². The summed E-state index contributed by atoms with van der Waals surface area (Å²) in [6, 6.07) is 9.27. The van der Waals surface area contributed by atoms with E-state index in [1.807, 2.05) is 11.0 Å². The second kappa shape index (κ2) is 9.14. The second-order valence-corrected chi connectivity index (χ2v) is 7.56. The van der Waals surface area contributed by atoms with E-state index < -0.39 is 17.6 Å². The minimum Gasteiger partial charge on any atom is -0.395 e. The zero-order valence-electron chi connectivity index (χ0n) is 17.4. The van der Waals surface area contributed by atoms with Crippen LogP contribution in [0.5, 0.6) is 0 Å². The van der Waals surface area contributed by atoms with E-state index >= 15 is 0 Å². The molecule has 0 saturated carbocycles. The van der Waals surface area contributed by atoms with E-state index in [4.69, 9.17) is 5.11 Å². The highest BCUT2D eigenvalue weighted by Crippen LogP contribution is 2.35. The number of rotatable bonds is 6. The third-order valence-corrected chi connectivity index (χ3v) is 5.28. The monoisotopic (exact) mass is 460 g/mol. The average molecular weight is 460 g/mol. The molecule has 1 aliphatic heterocycles. The van der Waals surface area contributed by atoms with Crippen molar-refractivity contribution in [2.24, 2.45) is 0 Å². The van der Waals surface area contributed by atoms with E-state index in [0.717, 1.165) is 23.4 Å². The lowest BCUT2D eigenvalue weighted by Crippen LogP contribution is -2.27. The number of halogens is 4. The molecular weight excluding hydrogens is 440 g/mol. The molecule has 0 bridgehead atoms. The van der Waals surface area contributed by atoms with Crippen molar-refractivity contribution in [3.8, 4) is 0 Å². The lowest BCUT2D eigenvalue weighted by Gasteiger charge is -2.18. The van der Waals surface area contributed by atoms with Crippen LogP contribution in [-0.2, 0) is 19.0 Å². The van der Waals surface area contributed by atoms with Gasteiger partial charge in [-0.05, 0) is 53.9 Å². The molecule has 2 N–H and O–H groups in total. The minimum absolute atomic E-state index is 0.000657. The van der Waals surface area contributed by atoms with Crippen molar-refractivity contribution in [2.75, 3.05) is 24.6 Å². The van der Waals surface area contributed by atoms with Crippen LogP contribution in [0.15, 0.2) is 48.7 Å². The third-order valence-electron chi connectivity index (χ3n) is 5.28. The number of anilines is 2. The van der Waals surface area contributed by atoms with Gasteiger partial charge in [-0.25, -0.2) is 14.4 Å². The Morgan fingerprint density at radius 1 is 1.18 bits per heavy atom. The van der Waals surface area contributed by atoms with E-state index in [-0.39, 0.29) is 31.0 Å². The molecule has 0 radical (unpaired) electrons. The van der Waals surface area contributed by atoms with Crippen LogP contribution in [0.2, 0.25) is 0 Å². The Balaban J connectivity index is 1.60. The lowest BCUT2D eigenvalue weighted by atomic mass is 10.0. The maximum absolute atomic E-state index is 13.7. The number of fused-ring (bicyclic) bond motifs is 1. The summed E-state index contributed by atoms with van der Waals surface area (Å²) in [7, 11) is 0. The van der Waals surface area contributed by atoms with Crippen LogP contribution in [0.4, 0.5) is 29.2 Å². The van der Waals surface area contributed by atoms with Gasteiger partial charge in [0.2, 0.25) is 5.95 Å². The number of benzene rings is 2. The summed E-state index contributed by atoms with van der Waals surface area (Å²) in [5, 5.41) is 11.6. The molecule has 1 aromatic heterocycles. The number of hydrogen-bond acceptors (Lipinski definition) is 5. The van der Waals surface area contributed by atoms with E-state index in [0.29, 0.717) is 36.2 Å². The highest BCUT2D eigenvalue weighted by molar-refractivity contribution is 5.98. The van der Waals surface area contributed by atoms with Gasteiger partial charge in [0.25, 0.3) is 5.91 Å². The number of aliphatic hydroxyl groups excluding tert-OH is 1. The fourth-order valence-corrected chi connectivity index (χ4v) is 3.86. The number of hydrogen-bond donors (Lipinski definition) is 2. The van der Waals surface area contributed by atoms with E-state index in [1.165, 1.54) is 6.20 Å². The van der Waals surface area contributed by atoms with Gasteiger partial charge in [0.15, 0.2) is 0 Å². The summed E-state index contributed by atoms with van der Waals surface area (Å²) in [5.41, 5.74) is 1.61. The second-order valence-electron chi connectivity index (χ2n) is 7.56. The number of alkyl halides is 3. The Morgan fingerprint density at radius 2 is 2.00 bits per heavy atom.